The summed E-state index contributed by atoms with van der Waals surface area (Å²) in [4.78, 5) is 20.9. The van der Waals surface area contributed by atoms with Crippen molar-refractivity contribution in [1.82, 2.24) is 0 Å². The number of aliphatic carboxylic acids is 1. The van der Waals surface area contributed by atoms with Crippen LogP contribution >= 0.6 is 11.3 Å². The van der Waals surface area contributed by atoms with Crippen molar-refractivity contribution in [3.63, 3.8) is 0 Å². The van der Waals surface area contributed by atoms with E-state index >= 15 is 0 Å². The third kappa shape index (κ3) is 1.84. The predicted octanol–water partition coefficient (Wildman–Crippen LogP) is 1.19. The molecule has 78 valence electrons. The van der Waals surface area contributed by atoms with Gasteiger partial charge in [-0.05, 0) is 6.07 Å². The monoisotopic (exact) mass is 226 g/mol. The molecule has 0 aliphatic carbocycles. The fourth-order valence-electron chi connectivity index (χ4n) is 1.26. The second kappa shape index (κ2) is 3.39. The van der Waals surface area contributed by atoms with Crippen molar-refractivity contribution in [2.75, 3.05) is 0 Å². The minimum absolute atomic E-state index is 0.137. The van der Waals surface area contributed by atoms with Crippen LogP contribution in [0.3, 0.4) is 0 Å². The molecule has 1 aromatic carbocycles. The van der Waals surface area contributed by atoms with Gasteiger partial charge in [-0.3, -0.25) is 4.79 Å². The number of aromatic hydroxyl groups is 1. The van der Waals surface area contributed by atoms with Crippen molar-refractivity contribution in [2.24, 2.45) is 0 Å². The van der Waals surface area contributed by atoms with E-state index in [1.54, 1.807) is 0 Å². The Morgan fingerprint density at radius 3 is 2.87 bits per heavy atom. The second-order valence-corrected chi connectivity index (χ2v) is 3.93. The van der Waals surface area contributed by atoms with Gasteiger partial charge in [-0.2, -0.15) is 0 Å². The van der Waals surface area contributed by atoms with Crippen LogP contribution in [0.5, 0.6) is 5.75 Å². The van der Waals surface area contributed by atoms with E-state index in [0.717, 1.165) is 11.3 Å². The van der Waals surface area contributed by atoms with E-state index in [4.69, 9.17) is 9.52 Å². The Morgan fingerprint density at radius 1 is 1.47 bits per heavy atom. The third-order valence-corrected chi connectivity index (χ3v) is 2.66. The summed E-state index contributed by atoms with van der Waals surface area (Å²) in [5.74, 6) is -1.19. The van der Waals surface area contributed by atoms with E-state index in [9.17, 15) is 14.7 Å². The van der Waals surface area contributed by atoms with Gasteiger partial charge in [0, 0.05) is 11.6 Å². The lowest BCUT2D eigenvalue weighted by Gasteiger charge is -2.00. The van der Waals surface area contributed by atoms with Crippen LogP contribution in [0.25, 0.3) is 10.3 Å². The molecule has 0 aliphatic heterocycles. The number of phenolic OH excluding ortho intramolecular Hbond substituents is 1. The smallest absolute Gasteiger partial charge is 0.396 e. The van der Waals surface area contributed by atoms with Crippen molar-refractivity contribution >= 4 is 27.6 Å². The number of carboxylic acids is 1. The van der Waals surface area contributed by atoms with Gasteiger partial charge in [-0.15, -0.1) is 0 Å². The number of fused-ring (bicyclic) bond motifs is 1. The minimum atomic E-state index is -1.05. The highest BCUT2D eigenvalue weighted by molar-refractivity contribution is 7.16. The largest absolute Gasteiger partial charge is 0.508 e. The van der Waals surface area contributed by atoms with Gasteiger partial charge in [0.05, 0.1) is 11.1 Å². The van der Waals surface area contributed by atoms with Gasteiger partial charge < -0.3 is 14.6 Å². The SMILES string of the molecule is O=C(O)Cc1cc2oc(=O)sc2cc1O. The summed E-state index contributed by atoms with van der Waals surface area (Å²) in [5, 5.41) is 18.0. The van der Waals surface area contributed by atoms with E-state index in [0.29, 0.717) is 10.3 Å². The zero-order valence-corrected chi connectivity index (χ0v) is 8.21. The van der Waals surface area contributed by atoms with Crippen LogP contribution in [0.15, 0.2) is 21.3 Å². The molecule has 0 saturated carbocycles. The Kier molecular flexibility index (Phi) is 2.20. The average molecular weight is 226 g/mol. The molecule has 0 saturated heterocycles. The number of phenols is 1. The van der Waals surface area contributed by atoms with E-state index in [-0.39, 0.29) is 17.7 Å². The maximum absolute atomic E-state index is 10.9. The number of rotatable bonds is 2. The molecule has 0 aliphatic rings. The first-order valence-corrected chi connectivity index (χ1v) is 4.85. The molecule has 5 nitrogen and oxygen atoms in total. The first-order valence-electron chi connectivity index (χ1n) is 4.03. The molecule has 2 N–H and O–H groups in total. The summed E-state index contributed by atoms with van der Waals surface area (Å²) in [6.45, 7) is 0. The topological polar surface area (TPSA) is 87.7 Å². The van der Waals surface area contributed by atoms with Crippen LogP contribution in [-0.2, 0) is 11.2 Å². The van der Waals surface area contributed by atoms with Crippen molar-refractivity contribution in [2.45, 2.75) is 6.42 Å². The van der Waals surface area contributed by atoms with E-state index < -0.39 is 10.9 Å². The van der Waals surface area contributed by atoms with Crippen molar-refractivity contribution < 1.29 is 19.4 Å². The van der Waals surface area contributed by atoms with Gasteiger partial charge in [0.2, 0.25) is 0 Å². The zero-order chi connectivity index (χ0) is 11.0. The highest BCUT2D eigenvalue weighted by atomic mass is 32.1. The van der Waals surface area contributed by atoms with Gasteiger partial charge in [-0.25, -0.2) is 4.79 Å². The number of benzene rings is 1. The van der Waals surface area contributed by atoms with Crippen molar-refractivity contribution in [1.29, 1.82) is 0 Å². The number of hydrogen-bond donors (Lipinski definition) is 2. The second-order valence-electron chi connectivity index (χ2n) is 2.95. The Morgan fingerprint density at radius 2 is 2.20 bits per heavy atom. The molecular formula is C9H6O5S. The maximum atomic E-state index is 10.9. The molecule has 0 fully saturated rings. The molecule has 2 rings (SSSR count). The Labute approximate surface area is 87.2 Å². The highest BCUT2D eigenvalue weighted by Gasteiger charge is 2.11. The maximum Gasteiger partial charge on any atom is 0.396 e. The zero-order valence-electron chi connectivity index (χ0n) is 7.39. The molecule has 1 heterocycles. The molecule has 1 aromatic heterocycles. The van der Waals surface area contributed by atoms with Gasteiger partial charge in [-0.1, -0.05) is 11.3 Å². The lowest BCUT2D eigenvalue weighted by molar-refractivity contribution is -0.136. The van der Waals surface area contributed by atoms with Crippen LogP contribution in [0.4, 0.5) is 0 Å². The van der Waals surface area contributed by atoms with Gasteiger partial charge >= 0.3 is 10.9 Å². The standard InChI is InChI=1S/C9H6O5S/c10-5-3-7-6(14-9(13)15-7)1-4(5)2-8(11)12/h1,3,10H,2H2,(H,11,12). The number of carbonyl (C=O) groups is 1. The van der Waals surface area contributed by atoms with Crippen LogP contribution in [-0.4, -0.2) is 16.2 Å². The summed E-state index contributed by atoms with van der Waals surface area (Å²) in [6, 6.07) is 2.71. The summed E-state index contributed by atoms with van der Waals surface area (Å²) in [5.41, 5.74) is 0.538. The van der Waals surface area contributed by atoms with Gasteiger partial charge in [0.25, 0.3) is 0 Å². The number of carboxylic acid groups (broad SMARTS) is 1. The number of hydrogen-bond acceptors (Lipinski definition) is 5. The molecular weight excluding hydrogens is 220 g/mol. The normalized spacial score (nSPS) is 10.7. The first-order chi connectivity index (χ1) is 7.06. The van der Waals surface area contributed by atoms with Crippen LogP contribution in [0.1, 0.15) is 5.56 Å². The molecule has 0 bridgehead atoms. The van der Waals surface area contributed by atoms with E-state index in [1.165, 1.54) is 12.1 Å². The fourth-order valence-corrected chi connectivity index (χ4v) is 1.94. The summed E-state index contributed by atoms with van der Waals surface area (Å²) in [6.07, 6.45) is -0.304. The fraction of sp³-hybridized carbons (Fsp3) is 0.111. The Balaban J connectivity index is 2.60. The van der Waals surface area contributed by atoms with E-state index in [1.807, 2.05) is 0 Å². The molecule has 2 aromatic rings. The average Bonchev–Trinajstić information content (AvgIpc) is 2.44. The Bertz CT molecular complexity index is 580. The van der Waals surface area contributed by atoms with Crippen LogP contribution in [0, 0.1) is 0 Å². The molecule has 15 heavy (non-hydrogen) atoms. The summed E-state index contributed by atoms with van der Waals surface area (Å²) < 4.78 is 5.31. The van der Waals surface area contributed by atoms with E-state index in [2.05, 4.69) is 0 Å². The predicted molar refractivity (Wildman–Crippen MR) is 53.4 cm³/mol. The van der Waals surface area contributed by atoms with Crippen molar-refractivity contribution in [3.8, 4) is 5.75 Å². The molecule has 0 radical (unpaired) electrons. The minimum Gasteiger partial charge on any atom is -0.508 e. The summed E-state index contributed by atoms with van der Waals surface area (Å²) in [7, 11) is 0. The lowest BCUT2D eigenvalue weighted by atomic mass is 10.1. The van der Waals surface area contributed by atoms with Crippen LogP contribution < -0.4 is 4.94 Å². The Hall–Kier alpha value is -1.82. The lowest BCUT2D eigenvalue weighted by Crippen LogP contribution is -1.99. The molecule has 0 amide bonds. The molecule has 0 atom stereocenters. The molecule has 0 spiro atoms. The third-order valence-electron chi connectivity index (χ3n) is 1.87. The highest BCUT2D eigenvalue weighted by Crippen LogP contribution is 2.26. The first kappa shape index (κ1) is 9.72. The van der Waals surface area contributed by atoms with Crippen molar-refractivity contribution in [3.05, 3.63) is 27.4 Å². The summed E-state index contributed by atoms with van der Waals surface area (Å²) >= 11 is 0.864. The molecule has 0 unspecified atom stereocenters. The van der Waals surface area contributed by atoms with Gasteiger partial charge in [0.15, 0.2) is 0 Å². The quantitative estimate of drug-likeness (QED) is 0.802. The van der Waals surface area contributed by atoms with Crippen LogP contribution in [0.2, 0.25) is 0 Å². The van der Waals surface area contributed by atoms with Gasteiger partial charge in [0.1, 0.15) is 11.3 Å². The molecule has 6 heteroatoms.